The van der Waals surface area contributed by atoms with Crippen molar-refractivity contribution in [2.24, 2.45) is 0 Å². The van der Waals surface area contributed by atoms with Gasteiger partial charge in [-0.15, -0.1) is 0 Å². The number of carbonyl (C=O) groups excluding carboxylic acids is 1. The first-order chi connectivity index (χ1) is 7.69. The molecular formula is C11H15NO4. The van der Waals surface area contributed by atoms with Gasteiger partial charge in [-0.2, -0.15) is 0 Å². The van der Waals surface area contributed by atoms with Crippen molar-refractivity contribution in [2.75, 3.05) is 27.9 Å². The molecule has 1 aromatic rings. The first-order valence-corrected chi connectivity index (χ1v) is 4.76. The van der Waals surface area contributed by atoms with Crippen molar-refractivity contribution in [3.8, 4) is 17.2 Å². The zero-order chi connectivity index (χ0) is 12.0. The van der Waals surface area contributed by atoms with Crippen LogP contribution >= 0.6 is 0 Å². The van der Waals surface area contributed by atoms with E-state index >= 15 is 0 Å². The van der Waals surface area contributed by atoms with Crippen molar-refractivity contribution in [3.63, 3.8) is 0 Å². The monoisotopic (exact) mass is 225 g/mol. The van der Waals surface area contributed by atoms with E-state index in [0.717, 1.165) is 0 Å². The third kappa shape index (κ3) is 3.34. The summed E-state index contributed by atoms with van der Waals surface area (Å²) in [6.07, 6.45) is 0. The van der Waals surface area contributed by atoms with Gasteiger partial charge < -0.3 is 19.5 Å². The van der Waals surface area contributed by atoms with Crippen LogP contribution in [0.5, 0.6) is 17.2 Å². The standard InChI is InChI=1S/C11H15NO4/c1-12-11(13)7-16-10-5-8(14-2)4-9(6-10)15-3/h4-6H,7H2,1-3H3,(H,12,13). The molecule has 0 radical (unpaired) electrons. The molecule has 88 valence electrons. The number of likely N-dealkylation sites (N-methyl/N-ethyl adjacent to an activating group) is 1. The van der Waals surface area contributed by atoms with Crippen LogP contribution in [0.3, 0.4) is 0 Å². The topological polar surface area (TPSA) is 56.8 Å². The molecule has 0 aliphatic rings. The molecule has 1 amide bonds. The van der Waals surface area contributed by atoms with Crippen molar-refractivity contribution < 1.29 is 19.0 Å². The molecule has 0 saturated heterocycles. The van der Waals surface area contributed by atoms with Gasteiger partial charge in [0.1, 0.15) is 17.2 Å². The number of methoxy groups -OCH3 is 2. The third-order valence-electron chi connectivity index (χ3n) is 1.97. The molecule has 0 aromatic heterocycles. The highest BCUT2D eigenvalue weighted by Gasteiger charge is 2.04. The maximum Gasteiger partial charge on any atom is 0.257 e. The Kier molecular flexibility index (Phi) is 4.44. The summed E-state index contributed by atoms with van der Waals surface area (Å²) in [5.41, 5.74) is 0. The fourth-order valence-electron chi connectivity index (χ4n) is 1.09. The van der Waals surface area contributed by atoms with Crippen LogP contribution in [-0.4, -0.2) is 33.8 Å². The molecule has 0 unspecified atom stereocenters. The van der Waals surface area contributed by atoms with E-state index in [4.69, 9.17) is 14.2 Å². The fourth-order valence-corrected chi connectivity index (χ4v) is 1.09. The Morgan fingerprint density at radius 2 is 1.62 bits per heavy atom. The lowest BCUT2D eigenvalue weighted by atomic mass is 10.3. The number of carbonyl (C=O) groups is 1. The highest BCUT2D eigenvalue weighted by Crippen LogP contribution is 2.27. The van der Waals surface area contributed by atoms with E-state index in [-0.39, 0.29) is 12.5 Å². The van der Waals surface area contributed by atoms with Crippen LogP contribution in [0.1, 0.15) is 0 Å². The Morgan fingerprint density at radius 1 is 1.12 bits per heavy atom. The van der Waals surface area contributed by atoms with Crippen molar-refractivity contribution in [1.82, 2.24) is 5.32 Å². The predicted octanol–water partition coefficient (Wildman–Crippen LogP) is 0.829. The molecule has 0 fully saturated rings. The van der Waals surface area contributed by atoms with Crippen molar-refractivity contribution in [2.45, 2.75) is 0 Å². The van der Waals surface area contributed by atoms with E-state index in [2.05, 4.69) is 5.32 Å². The molecule has 5 heteroatoms. The number of amides is 1. The normalized spacial score (nSPS) is 9.44. The molecule has 1 aromatic carbocycles. The first kappa shape index (κ1) is 12.2. The molecule has 1 N–H and O–H groups in total. The van der Waals surface area contributed by atoms with Crippen molar-refractivity contribution in [3.05, 3.63) is 18.2 Å². The summed E-state index contributed by atoms with van der Waals surface area (Å²) in [5.74, 6) is 1.57. The van der Waals surface area contributed by atoms with Crippen LogP contribution in [-0.2, 0) is 4.79 Å². The molecule has 5 nitrogen and oxygen atoms in total. The summed E-state index contributed by atoms with van der Waals surface area (Å²) in [6.45, 7) is -0.0349. The molecule has 0 atom stereocenters. The van der Waals surface area contributed by atoms with Gasteiger partial charge in [0.15, 0.2) is 6.61 Å². The minimum absolute atomic E-state index is 0.0349. The number of ether oxygens (including phenoxy) is 3. The van der Waals surface area contributed by atoms with Gasteiger partial charge >= 0.3 is 0 Å². The summed E-state index contributed by atoms with van der Waals surface area (Å²) in [6, 6.07) is 5.10. The first-order valence-electron chi connectivity index (χ1n) is 4.76. The van der Waals surface area contributed by atoms with Crippen LogP contribution < -0.4 is 19.5 Å². The summed E-state index contributed by atoms with van der Waals surface area (Å²) in [5, 5.41) is 2.47. The van der Waals surface area contributed by atoms with E-state index in [9.17, 15) is 4.79 Å². The summed E-state index contributed by atoms with van der Waals surface area (Å²) in [4.78, 5) is 11.0. The molecular weight excluding hydrogens is 210 g/mol. The van der Waals surface area contributed by atoms with Crippen molar-refractivity contribution in [1.29, 1.82) is 0 Å². The van der Waals surface area contributed by atoms with Crippen LogP contribution in [0.2, 0.25) is 0 Å². The van der Waals surface area contributed by atoms with E-state index < -0.39 is 0 Å². The lowest BCUT2D eigenvalue weighted by Crippen LogP contribution is -2.24. The Labute approximate surface area is 94.3 Å². The zero-order valence-electron chi connectivity index (χ0n) is 9.57. The SMILES string of the molecule is CNC(=O)COc1cc(OC)cc(OC)c1. The molecule has 16 heavy (non-hydrogen) atoms. The second-order valence-corrected chi connectivity index (χ2v) is 3.01. The van der Waals surface area contributed by atoms with Gasteiger partial charge in [-0.25, -0.2) is 0 Å². The molecule has 0 bridgehead atoms. The van der Waals surface area contributed by atoms with Crippen molar-refractivity contribution >= 4 is 5.91 Å². The molecule has 1 rings (SSSR count). The highest BCUT2D eigenvalue weighted by molar-refractivity contribution is 5.77. The van der Waals surface area contributed by atoms with Gasteiger partial charge in [-0.05, 0) is 0 Å². The Bertz CT molecular complexity index is 343. The number of rotatable bonds is 5. The Hall–Kier alpha value is -1.91. The summed E-state index contributed by atoms with van der Waals surface area (Å²) >= 11 is 0. The molecule has 0 aliphatic carbocycles. The molecule has 0 aliphatic heterocycles. The van der Waals surface area contributed by atoms with Gasteiger partial charge in [0.2, 0.25) is 0 Å². The fraction of sp³-hybridized carbons (Fsp3) is 0.364. The van der Waals surface area contributed by atoms with Gasteiger partial charge in [0.05, 0.1) is 14.2 Å². The van der Waals surface area contributed by atoms with E-state index in [1.54, 1.807) is 39.5 Å². The summed E-state index contributed by atoms with van der Waals surface area (Å²) in [7, 11) is 4.66. The minimum Gasteiger partial charge on any atom is -0.496 e. The average Bonchev–Trinajstić information content (AvgIpc) is 2.35. The maximum absolute atomic E-state index is 11.0. The summed E-state index contributed by atoms with van der Waals surface area (Å²) < 4.78 is 15.4. The van der Waals surface area contributed by atoms with Crippen LogP contribution in [0.15, 0.2) is 18.2 Å². The smallest absolute Gasteiger partial charge is 0.257 e. The Balaban J connectivity index is 2.74. The van der Waals surface area contributed by atoms with E-state index in [0.29, 0.717) is 17.2 Å². The number of hydrogen-bond acceptors (Lipinski definition) is 4. The highest BCUT2D eigenvalue weighted by atomic mass is 16.5. The van der Waals surface area contributed by atoms with Crippen LogP contribution in [0.4, 0.5) is 0 Å². The van der Waals surface area contributed by atoms with Gasteiger partial charge in [0, 0.05) is 25.2 Å². The minimum atomic E-state index is -0.193. The maximum atomic E-state index is 11.0. The molecule has 0 spiro atoms. The predicted molar refractivity (Wildman–Crippen MR) is 59.1 cm³/mol. The van der Waals surface area contributed by atoms with E-state index in [1.807, 2.05) is 0 Å². The van der Waals surface area contributed by atoms with Crippen LogP contribution in [0.25, 0.3) is 0 Å². The average molecular weight is 225 g/mol. The quantitative estimate of drug-likeness (QED) is 0.806. The van der Waals surface area contributed by atoms with Gasteiger partial charge in [0.25, 0.3) is 5.91 Å². The van der Waals surface area contributed by atoms with E-state index in [1.165, 1.54) is 0 Å². The Morgan fingerprint density at radius 3 is 2.06 bits per heavy atom. The molecule has 0 heterocycles. The van der Waals surface area contributed by atoms with Gasteiger partial charge in [-0.1, -0.05) is 0 Å². The second-order valence-electron chi connectivity index (χ2n) is 3.01. The number of benzene rings is 1. The number of hydrogen-bond donors (Lipinski definition) is 1. The number of nitrogens with one attached hydrogen (secondary N) is 1. The second kappa shape index (κ2) is 5.85. The molecule has 0 saturated carbocycles. The lowest BCUT2D eigenvalue weighted by Gasteiger charge is -2.09. The van der Waals surface area contributed by atoms with Crippen LogP contribution in [0, 0.1) is 0 Å². The third-order valence-corrected chi connectivity index (χ3v) is 1.97. The largest absolute Gasteiger partial charge is 0.496 e. The zero-order valence-corrected chi connectivity index (χ0v) is 9.57. The van der Waals surface area contributed by atoms with Gasteiger partial charge in [-0.3, -0.25) is 4.79 Å². The lowest BCUT2D eigenvalue weighted by molar-refractivity contribution is -0.122.